The molecule has 1 aliphatic carbocycles. The minimum atomic E-state index is -0.530. The van der Waals surface area contributed by atoms with Crippen molar-refractivity contribution in [2.75, 3.05) is 26.4 Å². The van der Waals surface area contributed by atoms with Crippen LogP contribution in [-0.4, -0.2) is 51.4 Å². The van der Waals surface area contributed by atoms with Gasteiger partial charge in [0.2, 0.25) is 0 Å². The smallest absolute Gasteiger partial charge is 0.106 e. The van der Waals surface area contributed by atoms with E-state index in [0.717, 1.165) is 18.8 Å². The molecule has 0 saturated heterocycles. The highest BCUT2D eigenvalue weighted by Gasteiger charge is 2.21. The number of likely N-dealkylation sites (N-methyl/N-ethyl adjacent to an activating group) is 1. The molecule has 6 heteroatoms. The van der Waals surface area contributed by atoms with Crippen molar-refractivity contribution in [2.24, 2.45) is 0 Å². The van der Waals surface area contributed by atoms with Gasteiger partial charge in [-0.2, -0.15) is 16.9 Å². The van der Waals surface area contributed by atoms with Gasteiger partial charge in [-0.1, -0.05) is 24.4 Å². The van der Waals surface area contributed by atoms with Gasteiger partial charge in [0, 0.05) is 17.5 Å². The van der Waals surface area contributed by atoms with Crippen molar-refractivity contribution in [2.45, 2.75) is 43.6 Å². The molecular formula is C14H24ClN3OS. The minimum absolute atomic E-state index is 0.530. The predicted molar refractivity (Wildman–Crippen MR) is 85.5 cm³/mol. The molecule has 2 rings (SSSR count). The van der Waals surface area contributed by atoms with Crippen LogP contribution in [0.15, 0.2) is 6.20 Å². The third-order valence-electron chi connectivity index (χ3n) is 3.70. The van der Waals surface area contributed by atoms with Gasteiger partial charge in [-0.15, -0.1) is 0 Å². The Morgan fingerprint density at radius 3 is 2.85 bits per heavy atom. The molecule has 1 atom stereocenters. The maximum atomic E-state index is 10.4. The summed E-state index contributed by atoms with van der Waals surface area (Å²) in [5, 5.41) is 16.0. The molecule has 1 aromatic rings. The first kappa shape index (κ1) is 16.1. The Morgan fingerprint density at radius 1 is 1.50 bits per heavy atom. The van der Waals surface area contributed by atoms with Crippen LogP contribution in [0.4, 0.5) is 0 Å². The first-order chi connectivity index (χ1) is 9.58. The molecule has 1 aliphatic rings. The summed E-state index contributed by atoms with van der Waals surface area (Å²) in [6.45, 7) is 1.63. The number of hydrogen-bond acceptors (Lipinski definition) is 4. The van der Waals surface area contributed by atoms with Gasteiger partial charge < -0.3 is 10.0 Å². The van der Waals surface area contributed by atoms with Crippen molar-refractivity contribution in [3.05, 3.63) is 16.9 Å². The standard InChI is InChI=1S/C14H24ClN3OS/c1-17(2)7-8-18-14(12(15)9-16-18)13(19)10-20-11-5-3-4-6-11/h9,11,13,19H,3-8,10H2,1-2H3. The van der Waals surface area contributed by atoms with E-state index in [-0.39, 0.29) is 0 Å². The summed E-state index contributed by atoms with van der Waals surface area (Å²) < 4.78 is 1.84. The van der Waals surface area contributed by atoms with Gasteiger partial charge in [0.1, 0.15) is 6.10 Å². The first-order valence-corrected chi connectivity index (χ1v) is 8.66. The Hall–Kier alpha value is -0.230. The van der Waals surface area contributed by atoms with Crippen molar-refractivity contribution in [1.82, 2.24) is 14.7 Å². The van der Waals surface area contributed by atoms with E-state index in [2.05, 4.69) is 10.00 Å². The van der Waals surface area contributed by atoms with Gasteiger partial charge in [0.15, 0.2) is 0 Å². The van der Waals surface area contributed by atoms with Crippen LogP contribution in [0, 0.1) is 0 Å². The van der Waals surface area contributed by atoms with Crippen LogP contribution in [0.25, 0.3) is 0 Å². The molecule has 1 heterocycles. The lowest BCUT2D eigenvalue weighted by Gasteiger charge is -2.17. The molecule has 1 saturated carbocycles. The fourth-order valence-corrected chi connectivity index (χ4v) is 4.08. The minimum Gasteiger partial charge on any atom is -0.386 e. The number of thioether (sulfide) groups is 1. The van der Waals surface area contributed by atoms with Crippen molar-refractivity contribution in [3.63, 3.8) is 0 Å². The summed E-state index contributed by atoms with van der Waals surface area (Å²) in [6.07, 6.45) is 6.33. The van der Waals surface area contributed by atoms with Gasteiger partial charge in [0.05, 0.1) is 23.5 Å². The zero-order valence-corrected chi connectivity index (χ0v) is 13.8. The van der Waals surface area contributed by atoms with Gasteiger partial charge in [-0.3, -0.25) is 4.68 Å². The molecule has 20 heavy (non-hydrogen) atoms. The van der Waals surface area contributed by atoms with Gasteiger partial charge in [-0.25, -0.2) is 0 Å². The largest absolute Gasteiger partial charge is 0.386 e. The number of aliphatic hydroxyl groups is 1. The topological polar surface area (TPSA) is 41.3 Å². The monoisotopic (exact) mass is 317 g/mol. The Labute approximate surface area is 130 Å². The zero-order chi connectivity index (χ0) is 14.5. The predicted octanol–water partition coefficient (Wildman–Crippen LogP) is 2.81. The second-order valence-corrected chi connectivity index (χ2v) is 7.40. The molecule has 4 nitrogen and oxygen atoms in total. The zero-order valence-electron chi connectivity index (χ0n) is 12.3. The number of nitrogens with zero attached hydrogens (tertiary/aromatic N) is 3. The Bertz CT molecular complexity index is 419. The Kier molecular flexibility index (Phi) is 6.20. The lowest BCUT2D eigenvalue weighted by molar-refractivity contribution is 0.190. The number of aliphatic hydroxyl groups excluding tert-OH is 1. The van der Waals surface area contributed by atoms with E-state index >= 15 is 0 Å². The molecule has 1 unspecified atom stereocenters. The molecule has 0 bridgehead atoms. The number of rotatable bonds is 7. The summed E-state index contributed by atoms with van der Waals surface area (Å²) in [5.41, 5.74) is 0.763. The molecule has 1 fully saturated rings. The van der Waals surface area contributed by atoms with E-state index in [1.165, 1.54) is 25.7 Å². The van der Waals surface area contributed by atoms with Crippen molar-refractivity contribution in [1.29, 1.82) is 0 Å². The van der Waals surface area contributed by atoms with E-state index < -0.39 is 6.10 Å². The van der Waals surface area contributed by atoms with E-state index in [1.807, 2.05) is 30.5 Å². The highest BCUT2D eigenvalue weighted by Crippen LogP contribution is 2.33. The maximum absolute atomic E-state index is 10.4. The van der Waals surface area contributed by atoms with Crippen molar-refractivity contribution in [3.8, 4) is 0 Å². The van der Waals surface area contributed by atoms with Crippen LogP contribution in [0.2, 0.25) is 5.02 Å². The SMILES string of the molecule is CN(C)CCn1ncc(Cl)c1C(O)CSC1CCCC1. The fourth-order valence-electron chi connectivity index (χ4n) is 2.54. The molecule has 0 aliphatic heterocycles. The second kappa shape index (κ2) is 7.69. The van der Waals surface area contributed by atoms with Gasteiger partial charge in [0.25, 0.3) is 0 Å². The van der Waals surface area contributed by atoms with Gasteiger partial charge >= 0.3 is 0 Å². The van der Waals surface area contributed by atoms with Crippen LogP contribution < -0.4 is 0 Å². The highest BCUT2D eigenvalue weighted by atomic mass is 35.5. The van der Waals surface area contributed by atoms with Crippen LogP contribution in [0.1, 0.15) is 37.5 Å². The fraction of sp³-hybridized carbons (Fsp3) is 0.786. The quantitative estimate of drug-likeness (QED) is 0.839. The molecule has 114 valence electrons. The first-order valence-electron chi connectivity index (χ1n) is 7.23. The molecule has 0 amide bonds. The molecule has 0 radical (unpaired) electrons. The van der Waals surface area contributed by atoms with Crippen LogP contribution in [-0.2, 0) is 6.54 Å². The van der Waals surface area contributed by atoms with Crippen LogP contribution in [0.3, 0.4) is 0 Å². The summed E-state index contributed by atoms with van der Waals surface area (Å²) >= 11 is 8.06. The third kappa shape index (κ3) is 4.38. The molecule has 1 aromatic heterocycles. The van der Waals surface area contributed by atoms with Crippen LogP contribution >= 0.6 is 23.4 Å². The Morgan fingerprint density at radius 2 is 2.20 bits per heavy atom. The van der Waals surface area contributed by atoms with E-state index in [1.54, 1.807) is 6.20 Å². The average molecular weight is 318 g/mol. The molecule has 0 aromatic carbocycles. The highest BCUT2D eigenvalue weighted by molar-refractivity contribution is 7.99. The van der Waals surface area contributed by atoms with Crippen molar-refractivity contribution >= 4 is 23.4 Å². The molecular weight excluding hydrogens is 294 g/mol. The van der Waals surface area contributed by atoms with E-state index in [9.17, 15) is 5.11 Å². The number of halogens is 1. The summed E-state index contributed by atoms with van der Waals surface area (Å²) in [7, 11) is 4.05. The second-order valence-electron chi connectivity index (χ2n) is 5.66. The van der Waals surface area contributed by atoms with E-state index in [4.69, 9.17) is 11.6 Å². The van der Waals surface area contributed by atoms with E-state index in [0.29, 0.717) is 16.0 Å². The number of hydrogen-bond donors (Lipinski definition) is 1. The average Bonchev–Trinajstić information content (AvgIpc) is 3.03. The van der Waals surface area contributed by atoms with Crippen molar-refractivity contribution < 1.29 is 5.11 Å². The van der Waals surface area contributed by atoms with Crippen LogP contribution in [0.5, 0.6) is 0 Å². The third-order valence-corrected chi connectivity index (χ3v) is 5.44. The number of aromatic nitrogens is 2. The summed E-state index contributed by atoms with van der Waals surface area (Å²) in [5.74, 6) is 0.706. The molecule has 0 spiro atoms. The maximum Gasteiger partial charge on any atom is 0.106 e. The Balaban J connectivity index is 1.93. The van der Waals surface area contributed by atoms with Gasteiger partial charge in [-0.05, 0) is 26.9 Å². The lowest BCUT2D eigenvalue weighted by atomic mass is 10.3. The summed E-state index contributed by atoms with van der Waals surface area (Å²) in [6, 6.07) is 0. The normalized spacial score (nSPS) is 18.1. The lowest BCUT2D eigenvalue weighted by Crippen LogP contribution is -2.21. The molecule has 1 N–H and O–H groups in total. The summed E-state index contributed by atoms with van der Waals surface area (Å²) in [4.78, 5) is 2.10.